The van der Waals surface area contributed by atoms with Crippen LogP contribution in [0, 0.1) is 5.92 Å². The monoisotopic (exact) mass is 406 g/mol. The van der Waals surface area contributed by atoms with Gasteiger partial charge in [-0.15, -0.1) is 0 Å². The molecular weight excluding hydrogens is 388 g/mol. The maximum atomic E-state index is 13.2. The minimum atomic E-state index is -3.76. The van der Waals surface area contributed by atoms with Gasteiger partial charge in [-0.3, -0.25) is 9.59 Å². The minimum absolute atomic E-state index is 0.195. The van der Waals surface area contributed by atoms with Gasteiger partial charge < -0.3 is 0 Å². The van der Waals surface area contributed by atoms with Gasteiger partial charge in [0.25, 0.3) is 10.0 Å². The summed E-state index contributed by atoms with van der Waals surface area (Å²) in [5, 5.41) is 0. The second kappa shape index (κ2) is 6.42. The van der Waals surface area contributed by atoms with Crippen molar-refractivity contribution in [2.75, 3.05) is 4.90 Å². The average Bonchev–Trinajstić information content (AvgIpc) is 3.29. The molecule has 2 aliphatic rings. The van der Waals surface area contributed by atoms with E-state index in [4.69, 9.17) is 0 Å². The second-order valence-corrected chi connectivity index (χ2v) is 9.12. The van der Waals surface area contributed by atoms with E-state index < -0.39 is 21.9 Å². The van der Waals surface area contributed by atoms with E-state index in [0.29, 0.717) is 29.8 Å². The zero-order chi connectivity index (χ0) is 20.2. The first-order chi connectivity index (χ1) is 14.0. The molecule has 1 aromatic heterocycles. The summed E-state index contributed by atoms with van der Waals surface area (Å²) in [4.78, 5) is 27.6. The first-order valence-corrected chi connectivity index (χ1v) is 10.9. The van der Waals surface area contributed by atoms with Gasteiger partial charge in [-0.2, -0.15) is 0 Å². The number of benzene rings is 2. The van der Waals surface area contributed by atoms with E-state index in [0.717, 1.165) is 0 Å². The number of aromatic nitrogens is 1. The number of carbonyl (C=O) groups excluding carboxylic acids is 2. The molecule has 1 aliphatic carbocycles. The highest BCUT2D eigenvalue weighted by molar-refractivity contribution is 7.90. The number of hydrogen-bond donors (Lipinski definition) is 0. The first kappa shape index (κ1) is 17.9. The van der Waals surface area contributed by atoms with Crippen molar-refractivity contribution >= 4 is 27.5 Å². The summed E-state index contributed by atoms with van der Waals surface area (Å²) in [6, 6.07) is 18.8. The van der Waals surface area contributed by atoms with Crippen molar-refractivity contribution in [1.82, 2.24) is 3.97 Å². The van der Waals surface area contributed by atoms with Gasteiger partial charge in [0.05, 0.1) is 22.4 Å². The molecule has 0 saturated carbocycles. The third-order valence-electron chi connectivity index (χ3n) is 5.76. The molecule has 1 saturated heterocycles. The molecule has 2 atom stereocenters. The molecule has 0 N–H and O–H groups in total. The summed E-state index contributed by atoms with van der Waals surface area (Å²) in [7, 11) is -3.76. The standard InChI is InChI=1S/C22H18N2O4S/c25-21-18-11-12-19-17(20(18)22(26)24(21)15-7-3-1-4-8-15)13-14-23(19)29(27,28)16-9-5-2-6-10-16/h1-10,13-14,18,20H,11-12H2. The van der Waals surface area contributed by atoms with Crippen LogP contribution in [0.5, 0.6) is 0 Å². The molecule has 3 aromatic rings. The predicted molar refractivity (Wildman–Crippen MR) is 107 cm³/mol. The van der Waals surface area contributed by atoms with Crippen LogP contribution in [0.4, 0.5) is 5.69 Å². The lowest BCUT2D eigenvalue weighted by Crippen LogP contribution is -2.30. The maximum absolute atomic E-state index is 13.2. The molecule has 29 heavy (non-hydrogen) atoms. The van der Waals surface area contributed by atoms with E-state index in [-0.39, 0.29) is 16.7 Å². The highest BCUT2D eigenvalue weighted by atomic mass is 32.2. The quantitative estimate of drug-likeness (QED) is 0.627. The Labute approximate surface area is 168 Å². The van der Waals surface area contributed by atoms with Crippen molar-refractivity contribution in [2.24, 2.45) is 5.92 Å². The van der Waals surface area contributed by atoms with E-state index in [1.807, 2.05) is 6.07 Å². The SMILES string of the molecule is O=C1C2CCc3c(ccn3S(=O)(=O)c3ccccc3)C2C(=O)N1c1ccccc1. The number of carbonyl (C=O) groups is 2. The van der Waals surface area contributed by atoms with Crippen LogP contribution in [0.1, 0.15) is 23.6 Å². The highest BCUT2D eigenvalue weighted by Gasteiger charge is 2.52. The van der Waals surface area contributed by atoms with Crippen LogP contribution >= 0.6 is 0 Å². The molecule has 2 amide bonds. The van der Waals surface area contributed by atoms with Crippen molar-refractivity contribution < 1.29 is 18.0 Å². The zero-order valence-corrected chi connectivity index (χ0v) is 16.2. The Morgan fingerprint density at radius 3 is 2.17 bits per heavy atom. The van der Waals surface area contributed by atoms with Crippen molar-refractivity contribution in [3.8, 4) is 0 Å². The summed E-state index contributed by atoms with van der Waals surface area (Å²) in [6.07, 6.45) is 2.37. The van der Waals surface area contributed by atoms with E-state index in [9.17, 15) is 18.0 Å². The van der Waals surface area contributed by atoms with Gasteiger partial charge in [-0.05, 0) is 48.7 Å². The fourth-order valence-electron chi connectivity index (χ4n) is 4.42. The summed E-state index contributed by atoms with van der Waals surface area (Å²) in [5.41, 5.74) is 1.78. The fourth-order valence-corrected chi connectivity index (χ4v) is 5.86. The normalized spacial score (nSPS) is 21.2. The summed E-state index contributed by atoms with van der Waals surface area (Å²) in [5.74, 6) is -1.60. The largest absolute Gasteiger partial charge is 0.274 e. The van der Waals surface area contributed by atoms with Crippen molar-refractivity contribution in [1.29, 1.82) is 0 Å². The molecule has 0 spiro atoms. The molecule has 1 aliphatic heterocycles. The van der Waals surface area contributed by atoms with Crippen LogP contribution in [0.2, 0.25) is 0 Å². The number of para-hydroxylation sites is 1. The lowest BCUT2D eigenvalue weighted by Gasteiger charge is -2.23. The zero-order valence-electron chi connectivity index (χ0n) is 15.4. The topological polar surface area (TPSA) is 76.5 Å². The van der Waals surface area contributed by atoms with Gasteiger partial charge in [0.2, 0.25) is 11.8 Å². The molecule has 6 nitrogen and oxygen atoms in total. The fraction of sp³-hybridized carbons (Fsp3) is 0.182. The Morgan fingerprint density at radius 1 is 0.828 bits per heavy atom. The van der Waals surface area contributed by atoms with E-state index >= 15 is 0 Å². The lowest BCUT2D eigenvalue weighted by atomic mass is 9.79. The van der Waals surface area contributed by atoms with Gasteiger partial charge in [-0.25, -0.2) is 17.3 Å². The van der Waals surface area contributed by atoms with Crippen molar-refractivity contribution in [3.05, 3.63) is 84.2 Å². The Kier molecular flexibility index (Phi) is 3.96. The van der Waals surface area contributed by atoms with Gasteiger partial charge >= 0.3 is 0 Å². The first-order valence-electron chi connectivity index (χ1n) is 9.44. The van der Waals surface area contributed by atoms with Crippen molar-refractivity contribution in [3.63, 3.8) is 0 Å². The Hall–Kier alpha value is -3.19. The number of fused-ring (bicyclic) bond motifs is 3. The Bertz CT molecular complexity index is 1220. The second-order valence-electron chi connectivity index (χ2n) is 7.30. The molecule has 146 valence electrons. The molecule has 2 aromatic carbocycles. The Balaban J connectivity index is 1.58. The highest BCUT2D eigenvalue weighted by Crippen LogP contribution is 2.45. The molecule has 5 rings (SSSR count). The van der Waals surface area contributed by atoms with E-state index in [1.54, 1.807) is 60.7 Å². The molecule has 0 bridgehead atoms. The van der Waals surface area contributed by atoms with E-state index in [2.05, 4.69) is 0 Å². The summed E-state index contributed by atoms with van der Waals surface area (Å²) in [6.45, 7) is 0. The number of imide groups is 1. The number of rotatable bonds is 3. The van der Waals surface area contributed by atoms with Gasteiger partial charge in [-0.1, -0.05) is 36.4 Å². The minimum Gasteiger partial charge on any atom is -0.274 e. The number of amides is 2. The predicted octanol–water partition coefficient (Wildman–Crippen LogP) is 2.94. The van der Waals surface area contributed by atoms with Crippen LogP contribution in [0.25, 0.3) is 0 Å². The molecular formula is C22H18N2O4S. The van der Waals surface area contributed by atoms with Gasteiger partial charge in [0.15, 0.2) is 0 Å². The Morgan fingerprint density at radius 2 is 1.48 bits per heavy atom. The molecule has 0 radical (unpaired) electrons. The average molecular weight is 406 g/mol. The number of anilines is 1. The van der Waals surface area contributed by atoms with Crippen LogP contribution in [0.3, 0.4) is 0 Å². The molecule has 7 heteroatoms. The number of nitrogens with zero attached hydrogens (tertiary/aromatic N) is 2. The smallest absolute Gasteiger partial charge is 0.267 e. The van der Waals surface area contributed by atoms with Gasteiger partial charge in [0.1, 0.15) is 0 Å². The summed E-state index contributed by atoms with van der Waals surface area (Å²) < 4.78 is 27.4. The molecule has 2 heterocycles. The number of hydrogen-bond acceptors (Lipinski definition) is 4. The summed E-state index contributed by atoms with van der Waals surface area (Å²) >= 11 is 0. The third kappa shape index (κ3) is 2.57. The third-order valence-corrected chi connectivity index (χ3v) is 7.48. The maximum Gasteiger partial charge on any atom is 0.267 e. The van der Waals surface area contributed by atoms with Crippen molar-refractivity contribution in [2.45, 2.75) is 23.7 Å². The van der Waals surface area contributed by atoms with Crippen LogP contribution in [0.15, 0.2) is 77.8 Å². The van der Waals surface area contributed by atoms with Crippen LogP contribution < -0.4 is 4.90 Å². The van der Waals surface area contributed by atoms with E-state index in [1.165, 1.54) is 15.1 Å². The lowest BCUT2D eigenvalue weighted by molar-refractivity contribution is -0.122. The van der Waals surface area contributed by atoms with Crippen LogP contribution in [-0.2, 0) is 26.0 Å². The molecule has 2 unspecified atom stereocenters. The van der Waals surface area contributed by atoms with Crippen LogP contribution in [-0.4, -0.2) is 24.2 Å². The van der Waals surface area contributed by atoms with Gasteiger partial charge in [0, 0.05) is 11.9 Å². The molecule has 1 fully saturated rings.